The molecule has 93 valence electrons. The summed E-state index contributed by atoms with van der Waals surface area (Å²) in [5.41, 5.74) is 5.25. The van der Waals surface area contributed by atoms with E-state index in [-0.39, 0.29) is 0 Å². The molecule has 0 aromatic rings. The Bertz CT molecular complexity index is 371. The summed E-state index contributed by atoms with van der Waals surface area (Å²) in [7, 11) is 0. The number of rotatable bonds is 0. The summed E-state index contributed by atoms with van der Waals surface area (Å²) in [6.07, 6.45) is 15.2. The van der Waals surface area contributed by atoms with E-state index in [1.807, 2.05) is 27.7 Å². The average molecular weight is 229 g/mol. The van der Waals surface area contributed by atoms with Gasteiger partial charge in [0.05, 0.1) is 0 Å². The monoisotopic (exact) mass is 229 g/mol. The van der Waals surface area contributed by atoms with Crippen LogP contribution in [0.15, 0.2) is 58.7 Å². The lowest BCUT2D eigenvalue weighted by Gasteiger charge is -2.11. The van der Waals surface area contributed by atoms with Gasteiger partial charge in [-0.05, 0) is 25.0 Å². The van der Waals surface area contributed by atoms with Crippen LogP contribution in [0, 0.1) is 6.42 Å². The predicted octanol–water partition coefficient (Wildman–Crippen LogP) is 5.57. The van der Waals surface area contributed by atoms with E-state index in [0.29, 0.717) is 0 Å². The van der Waals surface area contributed by atoms with Gasteiger partial charge >= 0.3 is 0 Å². The molecular weight excluding hydrogens is 204 g/mol. The topological polar surface area (TPSA) is 0 Å². The standard InChI is InChI=1S/C13H13.2C2H6/c1-10-4-3-5-12-9-11(2)6-7-13(12)8-10;2*1-2/h3-9H,1-2H3;2*1-2H3. The third-order valence-corrected chi connectivity index (χ3v) is 2.26. The normalized spacial score (nSPS) is 16.6. The summed E-state index contributed by atoms with van der Waals surface area (Å²) < 4.78 is 0. The zero-order valence-electron chi connectivity index (χ0n) is 12.0. The van der Waals surface area contributed by atoms with E-state index in [1.54, 1.807) is 0 Å². The number of hydrogen-bond donors (Lipinski definition) is 0. The lowest BCUT2D eigenvalue weighted by atomic mass is 9.94. The Balaban J connectivity index is 0.000000581. The number of allylic oxidation sites excluding steroid dienone is 10. The summed E-state index contributed by atoms with van der Waals surface area (Å²) in [5.74, 6) is 0. The number of hydrogen-bond acceptors (Lipinski definition) is 0. The van der Waals surface area contributed by atoms with Gasteiger partial charge in [0.25, 0.3) is 0 Å². The van der Waals surface area contributed by atoms with Crippen molar-refractivity contribution < 1.29 is 0 Å². The third kappa shape index (κ3) is 5.04. The molecule has 0 amide bonds. The molecule has 0 bridgehead atoms. The Morgan fingerprint density at radius 1 is 0.706 bits per heavy atom. The van der Waals surface area contributed by atoms with Crippen LogP contribution in [0.1, 0.15) is 41.5 Å². The zero-order chi connectivity index (χ0) is 13.3. The average Bonchev–Trinajstić information content (AvgIpc) is 2.55. The highest BCUT2D eigenvalue weighted by atomic mass is 14.1. The largest absolute Gasteiger partial charge is 0.0731 e. The quantitative estimate of drug-likeness (QED) is 0.509. The Kier molecular flexibility index (Phi) is 8.13. The van der Waals surface area contributed by atoms with Crippen molar-refractivity contribution in [2.24, 2.45) is 0 Å². The van der Waals surface area contributed by atoms with Crippen LogP contribution in [0.25, 0.3) is 0 Å². The minimum atomic E-state index is 1.30. The van der Waals surface area contributed by atoms with Gasteiger partial charge in [-0.15, -0.1) is 0 Å². The molecule has 0 aromatic heterocycles. The molecular formula is C17H25. The second-order valence-electron chi connectivity index (χ2n) is 3.55. The smallest absolute Gasteiger partial charge is 0.0134 e. The molecule has 0 nitrogen and oxygen atoms in total. The zero-order valence-corrected chi connectivity index (χ0v) is 12.0. The first-order valence-electron chi connectivity index (χ1n) is 6.56. The van der Waals surface area contributed by atoms with Crippen molar-refractivity contribution in [2.75, 3.05) is 0 Å². The SMILES string of the molecule is CC.CC.CC1=C[CH]C2=CC(C)=CC=CC2=C1. The fourth-order valence-corrected chi connectivity index (χ4v) is 1.57. The van der Waals surface area contributed by atoms with Crippen LogP contribution in [0.3, 0.4) is 0 Å². The molecule has 17 heavy (non-hydrogen) atoms. The van der Waals surface area contributed by atoms with Crippen LogP contribution >= 0.6 is 0 Å². The van der Waals surface area contributed by atoms with Crippen LogP contribution in [-0.2, 0) is 0 Å². The maximum atomic E-state index is 2.22. The molecule has 0 saturated heterocycles. The maximum absolute atomic E-state index is 2.22. The van der Waals surface area contributed by atoms with Gasteiger partial charge in [-0.3, -0.25) is 0 Å². The van der Waals surface area contributed by atoms with Crippen molar-refractivity contribution in [2.45, 2.75) is 41.5 Å². The molecule has 0 heterocycles. The van der Waals surface area contributed by atoms with Crippen LogP contribution in [-0.4, -0.2) is 0 Å². The molecule has 2 aliphatic rings. The molecule has 0 heteroatoms. The van der Waals surface area contributed by atoms with Crippen LogP contribution in [0.4, 0.5) is 0 Å². The fourth-order valence-electron chi connectivity index (χ4n) is 1.57. The summed E-state index contributed by atoms with van der Waals surface area (Å²) >= 11 is 0. The lowest BCUT2D eigenvalue weighted by Crippen LogP contribution is -1.93. The molecule has 2 aliphatic carbocycles. The van der Waals surface area contributed by atoms with Gasteiger partial charge in [0.1, 0.15) is 0 Å². The maximum Gasteiger partial charge on any atom is 0.0134 e. The van der Waals surface area contributed by atoms with Crippen molar-refractivity contribution in [3.63, 3.8) is 0 Å². The van der Waals surface area contributed by atoms with E-state index in [4.69, 9.17) is 0 Å². The molecule has 0 N–H and O–H groups in total. The predicted molar refractivity (Wildman–Crippen MR) is 79.8 cm³/mol. The minimum absolute atomic E-state index is 1.30. The minimum Gasteiger partial charge on any atom is -0.0731 e. The molecule has 2 rings (SSSR count). The first-order chi connectivity index (χ1) is 8.25. The van der Waals surface area contributed by atoms with Gasteiger partial charge in [-0.2, -0.15) is 0 Å². The Morgan fingerprint density at radius 3 is 1.88 bits per heavy atom. The summed E-state index contributed by atoms with van der Waals surface area (Å²) in [6.45, 7) is 12.2. The van der Waals surface area contributed by atoms with Crippen LogP contribution in [0.5, 0.6) is 0 Å². The molecule has 0 saturated carbocycles. The van der Waals surface area contributed by atoms with Gasteiger partial charge in [-0.1, -0.05) is 75.3 Å². The summed E-state index contributed by atoms with van der Waals surface area (Å²) in [6, 6.07) is 0. The summed E-state index contributed by atoms with van der Waals surface area (Å²) in [4.78, 5) is 0. The highest BCUT2D eigenvalue weighted by Gasteiger charge is 2.07. The van der Waals surface area contributed by atoms with E-state index in [0.717, 1.165) is 0 Å². The van der Waals surface area contributed by atoms with E-state index in [1.165, 1.54) is 22.3 Å². The van der Waals surface area contributed by atoms with Gasteiger partial charge in [0.2, 0.25) is 0 Å². The van der Waals surface area contributed by atoms with Crippen molar-refractivity contribution in [3.8, 4) is 0 Å². The molecule has 0 spiro atoms. The van der Waals surface area contributed by atoms with E-state index in [2.05, 4.69) is 56.7 Å². The van der Waals surface area contributed by atoms with E-state index < -0.39 is 0 Å². The lowest BCUT2D eigenvalue weighted by molar-refractivity contribution is 1.34. The second kappa shape index (κ2) is 8.81. The van der Waals surface area contributed by atoms with Crippen LogP contribution in [0.2, 0.25) is 0 Å². The molecule has 0 aromatic carbocycles. The van der Waals surface area contributed by atoms with Gasteiger partial charge in [0.15, 0.2) is 0 Å². The highest BCUT2D eigenvalue weighted by molar-refractivity contribution is 5.58. The number of fused-ring (bicyclic) bond motifs is 1. The Morgan fingerprint density at radius 2 is 1.24 bits per heavy atom. The van der Waals surface area contributed by atoms with Gasteiger partial charge in [0, 0.05) is 6.42 Å². The van der Waals surface area contributed by atoms with E-state index in [9.17, 15) is 0 Å². The van der Waals surface area contributed by atoms with Crippen molar-refractivity contribution in [3.05, 3.63) is 65.2 Å². The third-order valence-electron chi connectivity index (χ3n) is 2.26. The first kappa shape index (κ1) is 15.7. The van der Waals surface area contributed by atoms with Crippen molar-refractivity contribution >= 4 is 0 Å². The first-order valence-corrected chi connectivity index (χ1v) is 6.56. The van der Waals surface area contributed by atoms with Gasteiger partial charge in [-0.25, -0.2) is 0 Å². The molecule has 0 aliphatic heterocycles. The van der Waals surface area contributed by atoms with Crippen LogP contribution < -0.4 is 0 Å². The van der Waals surface area contributed by atoms with Gasteiger partial charge < -0.3 is 0 Å². The highest BCUT2D eigenvalue weighted by Crippen LogP contribution is 2.26. The molecule has 0 atom stereocenters. The molecule has 0 unspecified atom stereocenters. The molecule has 0 fully saturated rings. The summed E-state index contributed by atoms with van der Waals surface area (Å²) in [5, 5.41) is 0. The second-order valence-corrected chi connectivity index (χ2v) is 3.55. The fraction of sp³-hybridized carbons (Fsp3) is 0.353. The molecule has 1 radical (unpaired) electrons. The van der Waals surface area contributed by atoms with Crippen molar-refractivity contribution in [1.29, 1.82) is 0 Å². The Labute approximate surface area is 107 Å². The van der Waals surface area contributed by atoms with E-state index >= 15 is 0 Å². The van der Waals surface area contributed by atoms with Crippen molar-refractivity contribution in [1.82, 2.24) is 0 Å². The Hall–Kier alpha value is -1.30.